The number of thioether (sulfide) groups is 1. The van der Waals surface area contributed by atoms with Gasteiger partial charge in [-0.25, -0.2) is 0 Å². The summed E-state index contributed by atoms with van der Waals surface area (Å²) in [4.78, 5) is 3.58. The summed E-state index contributed by atoms with van der Waals surface area (Å²) in [6.07, 6.45) is 0. The molecule has 0 aliphatic carbocycles. The van der Waals surface area contributed by atoms with Gasteiger partial charge in [-0.1, -0.05) is 41.5 Å². The third-order valence-electron chi connectivity index (χ3n) is 2.48. The summed E-state index contributed by atoms with van der Waals surface area (Å²) in [5.41, 5.74) is 10.7. The summed E-state index contributed by atoms with van der Waals surface area (Å²) in [6, 6.07) is 17.2. The van der Waals surface area contributed by atoms with E-state index in [-0.39, 0.29) is 0 Å². The lowest BCUT2D eigenvalue weighted by Gasteiger charge is -2.05. The Morgan fingerprint density at radius 2 is 2.00 bits per heavy atom. The average molecular weight is 266 g/mol. The Morgan fingerprint density at radius 1 is 1.21 bits per heavy atom. The predicted molar refractivity (Wildman–Crippen MR) is 76.0 cm³/mol. The summed E-state index contributed by atoms with van der Waals surface area (Å²) >= 11 is 1.56. The van der Waals surface area contributed by atoms with Gasteiger partial charge in [-0.2, -0.15) is 5.26 Å². The first-order valence-corrected chi connectivity index (χ1v) is 6.58. The van der Waals surface area contributed by atoms with Gasteiger partial charge in [-0.3, -0.25) is 0 Å². The van der Waals surface area contributed by atoms with Crippen molar-refractivity contribution in [3.63, 3.8) is 0 Å². The Bertz CT molecular complexity index is 655. The van der Waals surface area contributed by atoms with Crippen LogP contribution >= 0.6 is 11.8 Å². The van der Waals surface area contributed by atoms with E-state index in [0.29, 0.717) is 11.3 Å². The van der Waals surface area contributed by atoms with E-state index < -0.39 is 0 Å². The van der Waals surface area contributed by atoms with Gasteiger partial charge >= 0.3 is 0 Å². The second kappa shape index (κ2) is 6.50. The normalized spacial score (nSPS) is 9.42. The molecule has 5 heteroatoms. The van der Waals surface area contributed by atoms with Gasteiger partial charge in [0.25, 0.3) is 0 Å². The van der Waals surface area contributed by atoms with E-state index in [4.69, 9.17) is 10.8 Å². The van der Waals surface area contributed by atoms with Gasteiger partial charge in [0.1, 0.15) is 6.07 Å². The van der Waals surface area contributed by atoms with Crippen LogP contribution in [0.5, 0.6) is 0 Å². The SMILES string of the molecule is N#Cc1ccc(N=[N+]=[N-])cc1SCc1ccccc1. The van der Waals surface area contributed by atoms with Gasteiger partial charge in [0.05, 0.1) is 5.56 Å². The molecular formula is C14H10N4S. The van der Waals surface area contributed by atoms with Crippen molar-refractivity contribution in [3.05, 3.63) is 70.1 Å². The summed E-state index contributed by atoms with van der Waals surface area (Å²) < 4.78 is 0. The fourth-order valence-electron chi connectivity index (χ4n) is 1.57. The zero-order valence-electron chi connectivity index (χ0n) is 10.0. The number of nitrogens with zero attached hydrogens (tertiary/aromatic N) is 4. The number of benzene rings is 2. The Kier molecular flexibility index (Phi) is 4.46. The lowest BCUT2D eigenvalue weighted by atomic mass is 10.2. The molecule has 2 aromatic rings. The fraction of sp³-hybridized carbons (Fsp3) is 0.0714. The average Bonchev–Trinajstić information content (AvgIpc) is 2.47. The van der Waals surface area contributed by atoms with Crippen molar-refractivity contribution in [3.8, 4) is 6.07 Å². The van der Waals surface area contributed by atoms with Crippen molar-refractivity contribution < 1.29 is 0 Å². The van der Waals surface area contributed by atoms with Crippen molar-refractivity contribution in [1.82, 2.24) is 0 Å². The second-order valence-electron chi connectivity index (χ2n) is 3.76. The van der Waals surface area contributed by atoms with E-state index in [9.17, 15) is 0 Å². The van der Waals surface area contributed by atoms with Crippen LogP contribution < -0.4 is 0 Å². The molecule has 0 fully saturated rings. The predicted octanol–water partition coefficient (Wildman–Crippen LogP) is 4.79. The molecule has 0 atom stereocenters. The Labute approximate surface area is 115 Å². The third kappa shape index (κ3) is 3.52. The zero-order chi connectivity index (χ0) is 13.5. The van der Waals surface area contributed by atoms with E-state index in [0.717, 1.165) is 10.6 Å². The maximum atomic E-state index is 9.07. The summed E-state index contributed by atoms with van der Waals surface area (Å²) in [7, 11) is 0. The lowest BCUT2D eigenvalue weighted by molar-refractivity contribution is 1.32. The first-order valence-electron chi connectivity index (χ1n) is 5.59. The maximum absolute atomic E-state index is 9.07. The van der Waals surface area contributed by atoms with Crippen LogP contribution in [0.15, 0.2) is 58.5 Å². The van der Waals surface area contributed by atoms with Crippen LogP contribution in [-0.2, 0) is 5.75 Å². The van der Waals surface area contributed by atoms with Gasteiger partial charge in [-0.05, 0) is 23.2 Å². The van der Waals surface area contributed by atoms with E-state index in [1.807, 2.05) is 30.3 Å². The van der Waals surface area contributed by atoms with Gasteiger partial charge in [0.2, 0.25) is 0 Å². The van der Waals surface area contributed by atoms with Gasteiger partial charge in [-0.15, -0.1) is 11.8 Å². The second-order valence-corrected chi connectivity index (χ2v) is 4.77. The van der Waals surface area contributed by atoms with E-state index in [1.54, 1.807) is 30.0 Å². The van der Waals surface area contributed by atoms with Crippen LogP contribution in [0.4, 0.5) is 5.69 Å². The summed E-state index contributed by atoms with van der Waals surface area (Å²) in [5.74, 6) is 0.773. The molecule has 0 radical (unpaired) electrons. The molecule has 0 N–H and O–H groups in total. The fourth-order valence-corrected chi connectivity index (χ4v) is 2.56. The standard InChI is InChI=1S/C14H10N4S/c15-9-12-6-7-13(17-18-16)8-14(12)19-10-11-4-2-1-3-5-11/h1-8H,10H2. The van der Waals surface area contributed by atoms with Crippen molar-refractivity contribution >= 4 is 17.4 Å². The molecule has 0 aliphatic heterocycles. The highest BCUT2D eigenvalue weighted by molar-refractivity contribution is 7.98. The number of hydrogen-bond donors (Lipinski definition) is 0. The van der Waals surface area contributed by atoms with Gasteiger partial charge in [0, 0.05) is 21.2 Å². The molecular weight excluding hydrogens is 256 g/mol. The van der Waals surface area contributed by atoms with Crippen molar-refractivity contribution in [2.24, 2.45) is 5.11 Å². The number of nitriles is 1. The number of hydrogen-bond acceptors (Lipinski definition) is 3. The molecule has 0 saturated carbocycles. The van der Waals surface area contributed by atoms with Crippen molar-refractivity contribution in [1.29, 1.82) is 5.26 Å². The molecule has 0 saturated heterocycles. The number of rotatable bonds is 4. The first kappa shape index (κ1) is 13.0. The Hall–Kier alpha value is -2.41. The largest absolute Gasteiger partial charge is 0.192 e. The van der Waals surface area contributed by atoms with Crippen LogP contribution in [0.3, 0.4) is 0 Å². The number of azide groups is 1. The summed E-state index contributed by atoms with van der Waals surface area (Å²) in [6.45, 7) is 0. The minimum atomic E-state index is 0.525. The molecule has 0 unspecified atom stereocenters. The van der Waals surface area contributed by atoms with Gasteiger partial charge < -0.3 is 0 Å². The summed E-state index contributed by atoms with van der Waals surface area (Å²) in [5, 5.41) is 12.6. The van der Waals surface area contributed by atoms with E-state index in [2.05, 4.69) is 16.1 Å². The molecule has 4 nitrogen and oxygen atoms in total. The van der Waals surface area contributed by atoms with Crippen LogP contribution in [0, 0.1) is 11.3 Å². The van der Waals surface area contributed by atoms with E-state index >= 15 is 0 Å². The monoisotopic (exact) mass is 266 g/mol. The molecule has 0 aliphatic rings. The molecule has 0 aromatic heterocycles. The van der Waals surface area contributed by atoms with Crippen LogP contribution in [-0.4, -0.2) is 0 Å². The Morgan fingerprint density at radius 3 is 2.68 bits per heavy atom. The molecule has 92 valence electrons. The minimum Gasteiger partial charge on any atom is -0.192 e. The third-order valence-corrected chi connectivity index (χ3v) is 3.61. The smallest absolute Gasteiger partial charge is 0.100 e. The molecule has 0 spiro atoms. The molecule has 0 amide bonds. The minimum absolute atomic E-state index is 0.525. The lowest BCUT2D eigenvalue weighted by Crippen LogP contribution is -1.83. The quantitative estimate of drug-likeness (QED) is 0.345. The molecule has 19 heavy (non-hydrogen) atoms. The van der Waals surface area contributed by atoms with Crippen LogP contribution in [0.2, 0.25) is 0 Å². The van der Waals surface area contributed by atoms with Crippen molar-refractivity contribution in [2.45, 2.75) is 10.6 Å². The van der Waals surface area contributed by atoms with Crippen molar-refractivity contribution in [2.75, 3.05) is 0 Å². The maximum Gasteiger partial charge on any atom is 0.100 e. The molecule has 0 heterocycles. The topological polar surface area (TPSA) is 72.5 Å². The highest BCUT2D eigenvalue weighted by Crippen LogP contribution is 2.29. The highest BCUT2D eigenvalue weighted by Gasteiger charge is 2.04. The zero-order valence-corrected chi connectivity index (χ0v) is 10.8. The van der Waals surface area contributed by atoms with Gasteiger partial charge in [0.15, 0.2) is 0 Å². The van der Waals surface area contributed by atoms with E-state index in [1.165, 1.54) is 5.56 Å². The molecule has 2 aromatic carbocycles. The van der Waals surface area contributed by atoms with Crippen LogP contribution in [0.25, 0.3) is 10.4 Å². The first-order chi connectivity index (χ1) is 9.33. The van der Waals surface area contributed by atoms with Crippen LogP contribution in [0.1, 0.15) is 11.1 Å². The highest BCUT2D eigenvalue weighted by atomic mass is 32.2. The molecule has 2 rings (SSSR count). The Balaban J connectivity index is 2.21. The molecule has 0 bridgehead atoms.